The van der Waals surface area contributed by atoms with Crippen LogP contribution in [0.25, 0.3) is 0 Å². The second kappa shape index (κ2) is 6.64. The van der Waals surface area contributed by atoms with Gasteiger partial charge in [-0.2, -0.15) is 0 Å². The number of rotatable bonds is 3. The smallest absolute Gasteiger partial charge is 0.255 e. The minimum absolute atomic E-state index is 0.0210. The van der Waals surface area contributed by atoms with Crippen molar-refractivity contribution in [2.24, 2.45) is 0 Å². The van der Waals surface area contributed by atoms with Crippen molar-refractivity contribution < 1.29 is 18.7 Å². The molecule has 1 atom stereocenters. The van der Waals surface area contributed by atoms with E-state index >= 15 is 0 Å². The number of carbonyl (C=O) groups is 1. The van der Waals surface area contributed by atoms with Crippen molar-refractivity contribution in [2.75, 3.05) is 19.7 Å². The van der Waals surface area contributed by atoms with Crippen LogP contribution in [0, 0.1) is 12.7 Å². The van der Waals surface area contributed by atoms with Crippen LogP contribution < -0.4 is 4.74 Å². The lowest BCUT2D eigenvalue weighted by Crippen LogP contribution is -2.67. The highest BCUT2D eigenvalue weighted by atomic mass is 19.1. The zero-order valence-electron chi connectivity index (χ0n) is 14.5. The van der Waals surface area contributed by atoms with Gasteiger partial charge in [0.1, 0.15) is 11.7 Å². The van der Waals surface area contributed by atoms with Crippen LogP contribution in [0.1, 0.15) is 28.8 Å². The summed E-state index contributed by atoms with van der Waals surface area (Å²) in [4.78, 5) is 22.3. The van der Waals surface area contributed by atoms with Gasteiger partial charge in [0.2, 0.25) is 0 Å². The minimum atomic E-state index is -0.467. The first-order chi connectivity index (χ1) is 12.5. The van der Waals surface area contributed by atoms with Crippen molar-refractivity contribution in [2.45, 2.75) is 31.5 Å². The standard InChI is InChI=1S/C19H20FN3O3/c1-13-7-14(10-21-9-13)18(24)23-11-19(12-23)8-15(4-6-25-19)26-17-16(20)3-2-5-22-17/h2-3,5,7,9-10,15H,4,6,8,11-12H2,1H3/t15-/m1/s1. The van der Waals surface area contributed by atoms with E-state index in [1.165, 1.54) is 18.3 Å². The summed E-state index contributed by atoms with van der Waals surface area (Å²) in [6, 6.07) is 4.69. The molecule has 0 aromatic carbocycles. The molecule has 2 aliphatic heterocycles. The Hall–Kier alpha value is -2.54. The molecule has 1 amide bonds. The van der Waals surface area contributed by atoms with Gasteiger partial charge in [-0.05, 0) is 30.7 Å². The van der Waals surface area contributed by atoms with E-state index in [-0.39, 0.29) is 17.9 Å². The fourth-order valence-electron chi connectivity index (χ4n) is 3.57. The first-order valence-corrected chi connectivity index (χ1v) is 8.67. The van der Waals surface area contributed by atoms with E-state index in [0.29, 0.717) is 38.1 Å². The number of halogens is 1. The van der Waals surface area contributed by atoms with Crippen LogP contribution in [0.4, 0.5) is 4.39 Å². The van der Waals surface area contributed by atoms with E-state index in [1.54, 1.807) is 17.3 Å². The average Bonchev–Trinajstić information content (AvgIpc) is 2.61. The van der Waals surface area contributed by atoms with E-state index in [0.717, 1.165) is 5.56 Å². The molecule has 0 aliphatic carbocycles. The lowest BCUT2D eigenvalue weighted by atomic mass is 9.84. The van der Waals surface area contributed by atoms with E-state index in [9.17, 15) is 9.18 Å². The molecule has 2 aromatic heterocycles. The van der Waals surface area contributed by atoms with Crippen LogP contribution in [0.2, 0.25) is 0 Å². The van der Waals surface area contributed by atoms with Gasteiger partial charge in [-0.15, -0.1) is 0 Å². The Balaban J connectivity index is 1.38. The summed E-state index contributed by atoms with van der Waals surface area (Å²) >= 11 is 0. The number of pyridine rings is 2. The molecule has 0 N–H and O–H groups in total. The maximum atomic E-state index is 13.7. The van der Waals surface area contributed by atoms with Crippen molar-refractivity contribution >= 4 is 5.91 Å². The van der Waals surface area contributed by atoms with Crippen molar-refractivity contribution in [1.29, 1.82) is 0 Å². The van der Waals surface area contributed by atoms with Crippen molar-refractivity contribution in [3.05, 3.63) is 53.7 Å². The molecule has 6 nitrogen and oxygen atoms in total. The molecule has 2 saturated heterocycles. The fraction of sp³-hybridized carbons (Fsp3) is 0.421. The Labute approximate surface area is 151 Å². The molecule has 4 rings (SSSR count). The van der Waals surface area contributed by atoms with Crippen LogP contribution in [0.5, 0.6) is 5.88 Å². The molecule has 136 valence electrons. The van der Waals surface area contributed by atoms with Gasteiger partial charge >= 0.3 is 0 Å². The molecule has 7 heteroatoms. The second-order valence-electron chi connectivity index (χ2n) is 6.97. The monoisotopic (exact) mass is 357 g/mol. The Bertz CT molecular complexity index is 823. The van der Waals surface area contributed by atoms with E-state index < -0.39 is 11.4 Å². The molecule has 2 aromatic rings. The number of aromatic nitrogens is 2. The summed E-state index contributed by atoms with van der Waals surface area (Å²) in [5.74, 6) is -0.493. The highest BCUT2D eigenvalue weighted by Gasteiger charge is 2.50. The van der Waals surface area contributed by atoms with E-state index in [4.69, 9.17) is 9.47 Å². The number of nitrogens with zero attached hydrogens (tertiary/aromatic N) is 3. The lowest BCUT2D eigenvalue weighted by Gasteiger charge is -2.52. The Morgan fingerprint density at radius 3 is 3.04 bits per heavy atom. The van der Waals surface area contributed by atoms with E-state index in [2.05, 4.69) is 9.97 Å². The summed E-state index contributed by atoms with van der Waals surface area (Å²) in [6.45, 7) is 3.44. The Morgan fingerprint density at radius 1 is 1.42 bits per heavy atom. The number of hydrogen-bond donors (Lipinski definition) is 0. The van der Waals surface area contributed by atoms with Crippen molar-refractivity contribution in [3.63, 3.8) is 0 Å². The van der Waals surface area contributed by atoms with Gasteiger partial charge in [0.15, 0.2) is 5.82 Å². The van der Waals surface area contributed by atoms with E-state index in [1.807, 2.05) is 13.0 Å². The van der Waals surface area contributed by atoms with Crippen molar-refractivity contribution in [1.82, 2.24) is 14.9 Å². The van der Waals surface area contributed by atoms with Gasteiger partial charge in [-0.25, -0.2) is 9.37 Å². The number of amides is 1. The highest BCUT2D eigenvalue weighted by Crippen LogP contribution is 2.36. The summed E-state index contributed by atoms with van der Waals surface area (Å²) < 4.78 is 25.4. The number of carbonyl (C=O) groups excluding carboxylic acids is 1. The molecule has 2 fully saturated rings. The van der Waals surface area contributed by atoms with Gasteiger partial charge in [0, 0.05) is 31.4 Å². The minimum Gasteiger partial charge on any atom is -0.472 e. The van der Waals surface area contributed by atoms with Gasteiger partial charge in [-0.3, -0.25) is 9.78 Å². The largest absolute Gasteiger partial charge is 0.472 e. The quantitative estimate of drug-likeness (QED) is 0.844. The molecule has 4 heterocycles. The second-order valence-corrected chi connectivity index (χ2v) is 6.97. The zero-order chi connectivity index (χ0) is 18.1. The number of hydrogen-bond acceptors (Lipinski definition) is 5. The average molecular weight is 357 g/mol. The maximum absolute atomic E-state index is 13.7. The molecular weight excluding hydrogens is 337 g/mol. The van der Waals surface area contributed by atoms with Crippen LogP contribution >= 0.6 is 0 Å². The third-order valence-electron chi connectivity index (χ3n) is 4.82. The molecule has 1 spiro atoms. The van der Waals surface area contributed by atoms with Gasteiger partial charge in [-0.1, -0.05) is 0 Å². The SMILES string of the molecule is Cc1cncc(C(=O)N2CC3(C[C@H](Oc4ncccc4F)CCO3)C2)c1. The normalized spacial score (nSPS) is 21.3. The summed E-state index contributed by atoms with van der Waals surface area (Å²) in [5, 5.41) is 0. The van der Waals surface area contributed by atoms with Crippen molar-refractivity contribution in [3.8, 4) is 5.88 Å². The Morgan fingerprint density at radius 2 is 2.27 bits per heavy atom. The molecule has 0 unspecified atom stereocenters. The third kappa shape index (κ3) is 3.26. The van der Waals surface area contributed by atoms with Crippen LogP contribution in [0.3, 0.4) is 0 Å². The Kier molecular flexibility index (Phi) is 4.32. The molecular formula is C19H20FN3O3. The first kappa shape index (κ1) is 16.9. The third-order valence-corrected chi connectivity index (χ3v) is 4.82. The van der Waals surface area contributed by atoms with Crippen LogP contribution in [-0.2, 0) is 4.74 Å². The molecule has 0 saturated carbocycles. The summed E-state index contributed by atoms with van der Waals surface area (Å²) in [6.07, 6.45) is 5.92. The molecule has 26 heavy (non-hydrogen) atoms. The molecule has 2 aliphatic rings. The fourth-order valence-corrected chi connectivity index (χ4v) is 3.57. The number of likely N-dealkylation sites (tertiary alicyclic amines) is 1. The predicted molar refractivity (Wildman–Crippen MR) is 91.4 cm³/mol. The molecule has 0 radical (unpaired) electrons. The van der Waals surface area contributed by atoms with Crippen LogP contribution in [-0.4, -0.2) is 52.2 Å². The topological polar surface area (TPSA) is 64.6 Å². The number of ether oxygens (including phenoxy) is 2. The van der Waals surface area contributed by atoms with Gasteiger partial charge < -0.3 is 14.4 Å². The lowest BCUT2D eigenvalue weighted by molar-refractivity contribution is -0.174. The first-order valence-electron chi connectivity index (χ1n) is 8.67. The highest BCUT2D eigenvalue weighted by molar-refractivity contribution is 5.94. The maximum Gasteiger partial charge on any atom is 0.255 e. The predicted octanol–water partition coefficient (Wildman–Crippen LogP) is 2.38. The summed E-state index contributed by atoms with van der Waals surface area (Å²) in [5.41, 5.74) is 1.12. The zero-order valence-corrected chi connectivity index (χ0v) is 14.5. The molecule has 0 bridgehead atoms. The van der Waals surface area contributed by atoms with Crippen LogP contribution in [0.15, 0.2) is 36.8 Å². The summed E-state index contributed by atoms with van der Waals surface area (Å²) in [7, 11) is 0. The van der Waals surface area contributed by atoms with Gasteiger partial charge in [0.05, 0.1) is 25.3 Å². The number of aryl methyl sites for hydroxylation is 1. The van der Waals surface area contributed by atoms with Gasteiger partial charge in [0.25, 0.3) is 11.8 Å².